The van der Waals surface area contributed by atoms with Crippen LogP contribution >= 0.6 is 15.9 Å². The van der Waals surface area contributed by atoms with E-state index in [9.17, 15) is 0 Å². The van der Waals surface area contributed by atoms with E-state index in [0.717, 1.165) is 23.2 Å². The molecule has 3 rings (SSSR count). The van der Waals surface area contributed by atoms with Crippen LogP contribution in [-0.2, 0) is 0 Å². The van der Waals surface area contributed by atoms with Crippen LogP contribution in [0.5, 0.6) is 5.75 Å². The van der Waals surface area contributed by atoms with Crippen molar-refractivity contribution < 1.29 is 4.74 Å². The van der Waals surface area contributed by atoms with E-state index in [2.05, 4.69) is 53.3 Å². The third-order valence-corrected chi connectivity index (χ3v) is 5.41. The van der Waals surface area contributed by atoms with E-state index in [4.69, 9.17) is 4.74 Å². The lowest BCUT2D eigenvalue weighted by Gasteiger charge is -2.42. The summed E-state index contributed by atoms with van der Waals surface area (Å²) < 4.78 is 6.92. The summed E-state index contributed by atoms with van der Waals surface area (Å²) in [6, 6.07) is 7.40. The second kappa shape index (κ2) is 5.69. The summed E-state index contributed by atoms with van der Waals surface area (Å²) in [6.07, 6.45) is 6.43. The van der Waals surface area contributed by atoms with Crippen LogP contribution in [0.4, 0.5) is 0 Å². The van der Waals surface area contributed by atoms with Gasteiger partial charge in [0.1, 0.15) is 5.75 Å². The van der Waals surface area contributed by atoms with Crippen LogP contribution in [0.3, 0.4) is 0 Å². The molecule has 3 heteroatoms. The highest BCUT2D eigenvalue weighted by atomic mass is 79.9. The van der Waals surface area contributed by atoms with Crippen molar-refractivity contribution in [2.24, 2.45) is 5.41 Å². The molecule has 0 amide bonds. The van der Waals surface area contributed by atoms with Crippen molar-refractivity contribution in [3.05, 3.63) is 28.2 Å². The maximum atomic E-state index is 5.79. The molecule has 1 aromatic carbocycles. The van der Waals surface area contributed by atoms with Gasteiger partial charge >= 0.3 is 0 Å². The third kappa shape index (κ3) is 2.89. The molecule has 0 spiro atoms. The molecule has 0 radical (unpaired) electrons. The zero-order valence-electron chi connectivity index (χ0n) is 12.4. The molecule has 0 saturated heterocycles. The second-order valence-corrected chi connectivity index (χ2v) is 7.74. The van der Waals surface area contributed by atoms with E-state index in [0.29, 0.717) is 17.5 Å². The van der Waals surface area contributed by atoms with E-state index in [1.54, 1.807) is 0 Å². The summed E-state index contributed by atoms with van der Waals surface area (Å²) in [5.41, 5.74) is 1.72. The number of rotatable bonds is 2. The molecule has 1 fully saturated rings. The Hall–Kier alpha value is -0.540. The van der Waals surface area contributed by atoms with E-state index >= 15 is 0 Å². The Morgan fingerprint density at radius 3 is 2.90 bits per heavy atom. The van der Waals surface area contributed by atoms with Crippen molar-refractivity contribution in [3.63, 3.8) is 0 Å². The number of benzene rings is 1. The standard InChI is InChI=1S/C17H24BrNO/c1-17(2)9-4-3-5-16(17)19-14-8-10-20-15-7-6-12(18)11-13(14)15/h6-7,11,14,16,19H,3-5,8-10H2,1-2H3. The predicted octanol–water partition coefficient (Wildman–Crippen LogP) is 4.83. The predicted molar refractivity (Wildman–Crippen MR) is 86.2 cm³/mol. The van der Waals surface area contributed by atoms with Gasteiger partial charge in [-0.15, -0.1) is 0 Å². The molecule has 110 valence electrons. The van der Waals surface area contributed by atoms with Gasteiger partial charge in [0.2, 0.25) is 0 Å². The zero-order valence-corrected chi connectivity index (χ0v) is 14.0. The molecule has 2 aliphatic rings. The Bertz CT molecular complexity index is 486. The Balaban J connectivity index is 1.80. The number of nitrogens with one attached hydrogen (secondary N) is 1. The normalized spacial score (nSPS) is 28.6. The number of fused-ring (bicyclic) bond motifs is 1. The van der Waals surface area contributed by atoms with E-state index in [-0.39, 0.29) is 0 Å². The van der Waals surface area contributed by atoms with Gasteiger partial charge in [0.05, 0.1) is 6.61 Å². The first-order valence-corrected chi connectivity index (χ1v) is 8.54. The zero-order chi connectivity index (χ0) is 14.2. The Morgan fingerprint density at radius 2 is 2.10 bits per heavy atom. The minimum atomic E-state index is 0.405. The summed E-state index contributed by atoms with van der Waals surface area (Å²) in [5, 5.41) is 3.93. The van der Waals surface area contributed by atoms with Gasteiger partial charge in [-0.1, -0.05) is 42.6 Å². The van der Waals surface area contributed by atoms with Crippen LogP contribution in [-0.4, -0.2) is 12.6 Å². The van der Waals surface area contributed by atoms with Gasteiger partial charge in [-0.25, -0.2) is 0 Å². The lowest BCUT2D eigenvalue weighted by atomic mass is 9.73. The molecule has 0 bridgehead atoms. The number of halogens is 1. The van der Waals surface area contributed by atoms with Crippen LogP contribution in [0, 0.1) is 5.41 Å². The van der Waals surface area contributed by atoms with Gasteiger partial charge < -0.3 is 10.1 Å². The van der Waals surface area contributed by atoms with Crippen LogP contribution < -0.4 is 10.1 Å². The molecule has 1 N–H and O–H groups in total. The fourth-order valence-corrected chi connectivity index (χ4v) is 3.96. The molecule has 1 aliphatic carbocycles. The topological polar surface area (TPSA) is 21.3 Å². The van der Waals surface area contributed by atoms with Crippen molar-refractivity contribution in [1.82, 2.24) is 5.32 Å². The summed E-state index contributed by atoms with van der Waals surface area (Å²) in [4.78, 5) is 0. The number of hydrogen-bond donors (Lipinski definition) is 1. The molecule has 1 aliphatic heterocycles. The molecule has 1 aromatic rings. The maximum absolute atomic E-state index is 5.79. The number of ether oxygens (including phenoxy) is 1. The summed E-state index contributed by atoms with van der Waals surface area (Å²) in [5.74, 6) is 1.05. The molecular weight excluding hydrogens is 314 g/mol. The van der Waals surface area contributed by atoms with Crippen molar-refractivity contribution >= 4 is 15.9 Å². The van der Waals surface area contributed by atoms with Crippen LogP contribution in [0.15, 0.2) is 22.7 Å². The largest absolute Gasteiger partial charge is 0.493 e. The first-order valence-electron chi connectivity index (χ1n) is 7.74. The fourth-order valence-electron chi connectivity index (χ4n) is 3.58. The lowest BCUT2D eigenvalue weighted by molar-refractivity contribution is 0.141. The second-order valence-electron chi connectivity index (χ2n) is 6.83. The van der Waals surface area contributed by atoms with Crippen molar-refractivity contribution in [2.45, 2.75) is 58.0 Å². The van der Waals surface area contributed by atoms with Crippen molar-refractivity contribution in [3.8, 4) is 5.75 Å². The fraction of sp³-hybridized carbons (Fsp3) is 0.647. The molecule has 2 nitrogen and oxygen atoms in total. The van der Waals surface area contributed by atoms with Crippen LogP contribution in [0.2, 0.25) is 0 Å². The molecule has 20 heavy (non-hydrogen) atoms. The summed E-state index contributed by atoms with van der Waals surface area (Å²) >= 11 is 3.58. The number of hydrogen-bond acceptors (Lipinski definition) is 2. The average molecular weight is 338 g/mol. The van der Waals surface area contributed by atoms with E-state index < -0.39 is 0 Å². The van der Waals surface area contributed by atoms with Gasteiger partial charge in [-0.3, -0.25) is 0 Å². The van der Waals surface area contributed by atoms with Gasteiger partial charge in [-0.2, -0.15) is 0 Å². The highest BCUT2D eigenvalue weighted by Gasteiger charge is 2.34. The average Bonchev–Trinajstić information content (AvgIpc) is 2.41. The van der Waals surface area contributed by atoms with Gasteiger partial charge in [0.15, 0.2) is 0 Å². The molecule has 1 saturated carbocycles. The van der Waals surface area contributed by atoms with Gasteiger partial charge in [0.25, 0.3) is 0 Å². The lowest BCUT2D eigenvalue weighted by Crippen LogP contribution is -2.46. The first kappa shape index (κ1) is 14.4. The highest BCUT2D eigenvalue weighted by Crippen LogP contribution is 2.39. The van der Waals surface area contributed by atoms with Crippen LogP contribution in [0.25, 0.3) is 0 Å². The molecule has 2 unspecified atom stereocenters. The van der Waals surface area contributed by atoms with Gasteiger partial charge in [0, 0.05) is 28.5 Å². The smallest absolute Gasteiger partial charge is 0.124 e. The van der Waals surface area contributed by atoms with E-state index in [1.165, 1.54) is 31.2 Å². The summed E-state index contributed by atoms with van der Waals surface area (Å²) in [7, 11) is 0. The molecule has 0 aromatic heterocycles. The monoisotopic (exact) mass is 337 g/mol. The van der Waals surface area contributed by atoms with Crippen molar-refractivity contribution in [1.29, 1.82) is 0 Å². The Labute approximate surface area is 130 Å². The minimum Gasteiger partial charge on any atom is -0.493 e. The third-order valence-electron chi connectivity index (χ3n) is 4.92. The minimum absolute atomic E-state index is 0.405. The first-order chi connectivity index (χ1) is 9.56. The molecule has 2 atom stereocenters. The van der Waals surface area contributed by atoms with E-state index in [1.807, 2.05) is 0 Å². The van der Waals surface area contributed by atoms with Crippen LogP contribution in [0.1, 0.15) is 57.6 Å². The maximum Gasteiger partial charge on any atom is 0.124 e. The molecular formula is C17H24BrNO. The quantitative estimate of drug-likeness (QED) is 0.834. The molecule has 1 heterocycles. The Kier molecular flexibility index (Phi) is 4.09. The highest BCUT2D eigenvalue weighted by molar-refractivity contribution is 9.10. The van der Waals surface area contributed by atoms with Gasteiger partial charge in [-0.05, 0) is 36.5 Å². The summed E-state index contributed by atoms with van der Waals surface area (Å²) in [6.45, 7) is 5.63. The van der Waals surface area contributed by atoms with Crippen molar-refractivity contribution in [2.75, 3.05) is 6.61 Å². The SMILES string of the molecule is CC1(C)CCCCC1NC1CCOc2ccc(Br)cc21. The Morgan fingerprint density at radius 1 is 1.25 bits per heavy atom.